The van der Waals surface area contributed by atoms with E-state index in [4.69, 9.17) is 28.9 Å². The Morgan fingerprint density at radius 1 is 1.09 bits per heavy atom. The largest absolute Gasteiger partial charge is 0.393 e. The lowest BCUT2D eigenvalue weighted by atomic mass is 10.2. The van der Waals surface area contributed by atoms with E-state index in [9.17, 15) is 0 Å². The molecule has 1 heterocycles. The van der Waals surface area contributed by atoms with Gasteiger partial charge in [-0.2, -0.15) is 0 Å². The topological polar surface area (TPSA) is 75.9 Å². The smallest absolute Gasteiger partial charge is 0.159 e. The molecule has 1 fully saturated rings. The Morgan fingerprint density at radius 2 is 1.82 bits per heavy atom. The van der Waals surface area contributed by atoms with Gasteiger partial charge in [0.05, 0.1) is 15.7 Å². The summed E-state index contributed by atoms with van der Waals surface area (Å²) in [6.07, 6.45) is 6.25. The van der Waals surface area contributed by atoms with E-state index >= 15 is 0 Å². The number of halogens is 2. The van der Waals surface area contributed by atoms with Crippen molar-refractivity contribution < 1.29 is 0 Å². The van der Waals surface area contributed by atoms with Crippen LogP contribution in [0.1, 0.15) is 25.7 Å². The molecule has 0 amide bonds. The molecule has 1 aliphatic carbocycles. The van der Waals surface area contributed by atoms with Gasteiger partial charge >= 0.3 is 0 Å². The molecular formula is C15H17Cl2N5. The zero-order chi connectivity index (χ0) is 15.5. The van der Waals surface area contributed by atoms with Crippen LogP contribution in [-0.4, -0.2) is 16.0 Å². The van der Waals surface area contributed by atoms with Crippen molar-refractivity contribution in [3.05, 3.63) is 34.6 Å². The van der Waals surface area contributed by atoms with E-state index in [0.717, 1.165) is 12.8 Å². The fourth-order valence-electron chi connectivity index (χ4n) is 2.60. The minimum Gasteiger partial charge on any atom is -0.393 e. The van der Waals surface area contributed by atoms with Crippen LogP contribution in [0.3, 0.4) is 0 Å². The summed E-state index contributed by atoms with van der Waals surface area (Å²) < 4.78 is 0. The van der Waals surface area contributed by atoms with Crippen LogP contribution in [0.15, 0.2) is 24.5 Å². The summed E-state index contributed by atoms with van der Waals surface area (Å²) in [5.74, 6) is 1.17. The Bertz CT molecular complexity index is 671. The third-order valence-electron chi connectivity index (χ3n) is 3.78. The zero-order valence-corrected chi connectivity index (χ0v) is 13.5. The lowest BCUT2D eigenvalue weighted by Gasteiger charge is -2.16. The maximum atomic E-state index is 6.18. The average molecular weight is 338 g/mol. The van der Waals surface area contributed by atoms with Gasteiger partial charge in [-0.05, 0) is 25.0 Å². The molecule has 0 bridgehead atoms. The first kappa shape index (κ1) is 15.2. The molecule has 1 saturated carbocycles. The van der Waals surface area contributed by atoms with Gasteiger partial charge in [-0.15, -0.1) is 0 Å². The van der Waals surface area contributed by atoms with Crippen LogP contribution in [0.25, 0.3) is 0 Å². The van der Waals surface area contributed by atoms with Gasteiger partial charge in [0.1, 0.15) is 12.0 Å². The van der Waals surface area contributed by atoms with Crippen molar-refractivity contribution in [3.8, 4) is 0 Å². The van der Waals surface area contributed by atoms with Crippen LogP contribution in [0.4, 0.5) is 23.0 Å². The number of nitrogens with two attached hydrogens (primary N) is 1. The standard InChI is InChI=1S/C15H17Cl2N5/c16-10-6-3-7-11(12(10)17)22-15-13(18)14(19-8-20-15)21-9-4-1-2-5-9/h3,6-9H,1-2,4-5,18H2,(H2,19,20,21,22). The van der Waals surface area contributed by atoms with E-state index in [1.807, 2.05) is 12.1 Å². The number of nitrogens with one attached hydrogen (secondary N) is 2. The fraction of sp³-hybridized carbons (Fsp3) is 0.333. The Morgan fingerprint density at radius 3 is 2.59 bits per heavy atom. The van der Waals surface area contributed by atoms with Crippen LogP contribution in [0, 0.1) is 0 Å². The molecule has 0 spiro atoms. The number of rotatable bonds is 4. The average Bonchev–Trinajstić information content (AvgIpc) is 3.01. The molecule has 0 saturated heterocycles. The Kier molecular flexibility index (Phi) is 4.55. The molecule has 0 unspecified atom stereocenters. The molecule has 0 atom stereocenters. The van der Waals surface area contributed by atoms with Gasteiger partial charge in [-0.3, -0.25) is 0 Å². The zero-order valence-electron chi connectivity index (χ0n) is 11.9. The van der Waals surface area contributed by atoms with Gasteiger partial charge < -0.3 is 16.4 Å². The van der Waals surface area contributed by atoms with Crippen molar-refractivity contribution in [1.82, 2.24) is 9.97 Å². The number of hydrogen-bond acceptors (Lipinski definition) is 5. The van der Waals surface area contributed by atoms with Gasteiger partial charge in [0.2, 0.25) is 0 Å². The summed E-state index contributed by atoms with van der Waals surface area (Å²) in [5.41, 5.74) is 7.31. The van der Waals surface area contributed by atoms with E-state index in [1.165, 1.54) is 19.2 Å². The molecule has 0 radical (unpaired) electrons. The van der Waals surface area contributed by atoms with Crippen LogP contribution < -0.4 is 16.4 Å². The maximum absolute atomic E-state index is 6.18. The summed E-state index contributed by atoms with van der Waals surface area (Å²) in [7, 11) is 0. The van der Waals surface area contributed by atoms with E-state index in [-0.39, 0.29) is 0 Å². The third kappa shape index (κ3) is 3.20. The lowest BCUT2D eigenvalue weighted by molar-refractivity contribution is 0.750. The second-order valence-electron chi connectivity index (χ2n) is 5.34. The van der Waals surface area contributed by atoms with Gasteiger partial charge in [0, 0.05) is 6.04 Å². The first-order valence-corrected chi connectivity index (χ1v) is 7.99. The molecule has 1 aliphatic rings. The van der Waals surface area contributed by atoms with Crippen molar-refractivity contribution in [2.45, 2.75) is 31.7 Å². The van der Waals surface area contributed by atoms with E-state index in [1.54, 1.807) is 6.07 Å². The highest BCUT2D eigenvalue weighted by Crippen LogP contribution is 2.34. The molecule has 116 valence electrons. The molecule has 2 aromatic rings. The summed E-state index contributed by atoms with van der Waals surface area (Å²) in [6, 6.07) is 5.79. The molecule has 1 aromatic carbocycles. The lowest BCUT2D eigenvalue weighted by Crippen LogP contribution is -2.17. The monoisotopic (exact) mass is 337 g/mol. The van der Waals surface area contributed by atoms with Crippen LogP contribution in [0.2, 0.25) is 10.0 Å². The molecule has 0 aliphatic heterocycles. The molecule has 22 heavy (non-hydrogen) atoms. The Labute approximate surface area is 139 Å². The van der Waals surface area contributed by atoms with Gasteiger partial charge in [-0.1, -0.05) is 42.1 Å². The fourth-order valence-corrected chi connectivity index (χ4v) is 2.95. The quantitative estimate of drug-likeness (QED) is 0.767. The Balaban J connectivity index is 1.83. The molecule has 3 rings (SSSR count). The van der Waals surface area contributed by atoms with Crippen LogP contribution in [0.5, 0.6) is 0 Å². The van der Waals surface area contributed by atoms with Crippen molar-refractivity contribution in [3.63, 3.8) is 0 Å². The van der Waals surface area contributed by atoms with Crippen LogP contribution in [-0.2, 0) is 0 Å². The highest BCUT2D eigenvalue weighted by atomic mass is 35.5. The minimum atomic E-state index is 0.430. The molecular weight excluding hydrogens is 321 g/mol. The summed E-state index contributed by atoms with van der Waals surface area (Å²) in [4.78, 5) is 8.43. The summed E-state index contributed by atoms with van der Waals surface area (Å²) in [6.45, 7) is 0. The third-order valence-corrected chi connectivity index (χ3v) is 4.60. The second-order valence-corrected chi connectivity index (χ2v) is 6.12. The van der Waals surface area contributed by atoms with Crippen molar-refractivity contribution in [2.24, 2.45) is 0 Å². The molecule has 7 heteroatoms. The molecule has 4 N–H and O–H groups in total. The Hall–Kier alpha value is -1.72. The van der Waals surface area contributed by atoms with E-state index in [0.29, 0.717) is 39.1 Å². The number of aromatic nitrogens is 2. The summed E-state index contributed by atoms with van der Waals surface area (Å²) >= 11 is 12.2. The van der Waals surface area contributed by atoms with Gasteiger partial charge in [0.15, 0.2) is 11.6 Å². The predicted octanol–water partition coefficient (Wildman–Crippen LogP) is 4.46. The van der Waals surface area contributed by atoms with Crippen LogP contribution >= 0.6 is 23.2 Å². The van der Waals surface area contributed by atoms with Crippen molar-refractivity contribution in [1.29, 1.82) is 0 Å². The van der Waals surface area contributed by atoms with E-state index in [2.05, 4.69) is 20.6 Å². The number of benzene rings is 1. The predicted molar refractivity (Wildman–Crippen MR) is 92.1 cm³/mol. The number of anilines is 4. The van der Waals surface area contributed by atoms with Crippen molar-refractivity contribution >= 4 is 46.2 Å². The second kappa shape index (κ2) is 6.58. The van der Waals surface area contributed by atoms with Gasteiger partial charge in [0.25, 0.3) is 0 Å². The maximum Gasteiger partial charge on any atom is 0.159 e. The minimum absolute atomic E-state index is 0.430. The van der Waals surface area contributed by atoms with Gasteiger partial charge in [-0.25, -0.2) is 9.97 Å². The van der Waals surface area contributed by atoms with Crippen molar-refractivity contribution in [2.75, 3.05) is 16.4 Å². The highest BCUT2D eigenvalue weighted by molar-refractivity contribution is 6.43. The first-order chi connectivity index (χ1) is 10.6. The number of nitrogen functional groups attached to an aromatic ring is 1. The molecule has 1 aromatic heterocycles. The van der Waals surface area contributed by atoms with E-state index < -0.39 is 0 Å². The highest BCUT2D eigenvalue weighted by Gasteiger charge is 2.18. The number of nitrogens with zero attached hydrogens (tertiary/aromatic N) is 2. The molecule has 5 nitrogen and oxygen atoms in total. The first-order valence-electron chi connectivity index (χ1n) is 7.23. The normalized spacial score (nSPS) is 15.0. The number of hydrogen-bond donors (Lipinski definition) is 3. The summed E-state index contributed by atoms with van der Waals surface area (Å²) in [5, 5.41) is 7.41. The SMILES string of the molecule is Nc1c(Nc2cccc(Cl)c2Cl)ncnc1NC1CCCC1.